The van der Waals surface area contributed by atoms with E-state index in [1.807, 2.05) is 37.3 Å². The Morgan fingerprint density at radius 2 is 2.05 bits per heavy atom. The predicted molar refractivity (Wildman–Crippen MR) is 81.6 cm³/mol. The number of hydrogen-bond acceptors (Lipinski definition) is 2. The van der Waals surface area contributed by atoms with Crippen molar-refractivity contribution in [3.05, 3.63) is 41.6 Å². The first-order chi connectivity index (χ1) is 9.60. The fourth-order valence-electron chi connectivity index (χ4n) is 2.32. The minimum Gasteiger partial charge on any atom is -0.293 e. The van der Waals surface area contributed by atoms with E-state index in [1.54, 1.807) is 4.90 Å². The average Bonchev–Trinajstić information content (AvgIpc) is 2.38. The summed E-state index contributed by atoms with van der Waals surface area (Å²) < 4.78 is 25.3. The molecule has 0 N–H and O–H groups in total. The number of nitrogens with zero attached hydrogens (tertiary/aromatic N) is 2. The minimum atomic E-state index is -2.32. The molecule has 2 aromatic rings. The summed E-state index contributed by atoms with van der Waals surface area (Å²) in [5, 5.41) is 1.72. The summed E-state index contributed by atoms with van der Waals surface area (Å²) in [6.07, 6.45) is -2.32. The Balaban J connectivity index is 2.31. The molecule has 1 heterocycles. The summed E-state index contributed by atoms with van der Waals surface area (Å²) in [4.78, 5) is 6.24. The van der Waals surface area contributed by atoms with Crippen LogP contribution in [0.1, 0.15) is 11.3 Å². The van der Waals surface area contributed by atoms with Crippen molar-refractivity contribution in [2.45, 2.75) is 19.9 Å². The van der Waals surface area contributed by atoms with Crippen molar-refractivity contribution in [1.82, 2.24) is 9.88 Å². The number of rotatable bonds is 6. The molecule has 0 fully saturated rings. The van der Waals surface area contributed by atoms with Crippen molar-refractivity contribution in [3.63, 3.8) is 0 Å². The van der Waals surface area contributed by atoms with E-state index >= 15 is 0 Å². The lowest BCUT2D eigenvalue weighted by molar-refractivity contribution is 0.0883. The van der Waals surface area contributed by atoms with Gasteiger partial charge in [0.15, 0.2) is 0 Å². The fourth-order valence-corrected chi connectivity index (χ4v) is 2.82. The van der Waals surface area contributed by atoms with Crippen LogP contribution in [-0.4, -0.2) is 34.7 Å². The molecule has 0 unspecified atom stereocenters. The zero-order valence-electron chi connectivity index (χ0n) is 11.3. The van der Waals surface area contributed by atoms with Crippen molar-refractivity contribution in [3.8, 4) is 0 Å². The van der Waals surface area contributed by atoms with Gasteiger partial charge in [-0.05, 0) is 24.6 Å². The average molecular weight is 343 g/mol. The highest BCUT2D eigenvalue weighted by Crippen LogP contribution is 2.20. The number of pyridine rings is 1. The summed E-state index contributed by atoms with van der Waals surface area (Å²) in [7, 11) is 0. The maximum atomic E-state index is 12.6. The maximum absolute atomic E-state index is 12.6. The van der Waals surface area contributed by atoms with Crippen LogP contribution in [0.2, 0.25) is 0 Å². The molecule has 108 valence electrons. The normalized spacial score (nSPS) is 11.7. The lowest BCUT2D eigenvalue weighted by Crippen LogP contribution is -2.30. The van der Waals surface area contributed by atoms with E-state index in [4.69, 9.17) is 0 Å². The van der Waals surface area contributed by atoms with Gasteiger partial charge in [-0.3, -0.25) is 9.88 Å². The third-order valence-corrected chi connectivity index (χ3v) is 3.48. The summed E-state index contributed by atoms with van der Waals surface area (Å²) >= 11 is 3.32. The number of aryl methyl sites for hydroxylation is 1. The molecule has 0 aliphatic rings. The van der Waals surface area contributed by atoms with Crippen LogP contribution in [0, 0.1) is 6.92 Å². The van der Waals surface area contributed by atoms with E-state index in [0.717, 1.165) is 22.2 Å². The Labute approximate surface area is 125 Å². The van der Waals surface area contributed by atoms with E-state index in [9.17, 15) is 8.78 Å². The largest absolute Gasteiger partial charge is 0.293 e. The van der Waals surface area contributed by atoms with Gasteiger partial charge in [0.2, 0.25) is 0 Å². The van der Waals surface area contributed by atoms with Crippen molar-refractivity contribution >= 4 is 26.8 Å². The summed E-state index contributed by atoms with van der Waals surface area (Å²) in [6.45, 7) is 2.83. The number of halogens is 3. The zero-order chi connectivity index (χ0) is 14.5. The molecule has 0 bridgehead atoms. The molecule has 20 heavy (non-hydrogen) atoms. The van der Waals surface area contributed by atoms with Crippen LogP contribution < -0.4 is 0 Å². The summed E-state index contributed by atoms with van der Waals surface area (Å²) in [6, 6.07) is 9.81. The fraction of sp³-hybridized carbons (Fsp3) is 0.400. The monoisotopic (exact) mass is 342 g/mol. The van der Waals surface area contributed by atoms with Crippen molar-refractivity contribution < 1.29 is 8.78 Å². The molecule has 0 spiro atoms. The Hall–Kier alpha value is -1.07. The van der Waals surface area contributed by atoms with Crippen LogP contribution in [0.5, 0.6) is 0 Å². The van der Waals surface area contributed by atoms with Gasteiger partial charge in [0.1, 0.15) is 0 Å². The number of benzene rings is 1. The SMILES string of the molecule is Cc1cc(CN(CCBr)CC(F)F)c2ccccc2n1. The molecule has 0 radical (unpaired) electrons. The Kier molecular flexibility index (Phi) is 5.43. The van der Waals surface area contributed by atoms with Crippen LogP contribution in [0.3, 0.4) is 0 Å². The van der Waals surface area contributed by atoms with Crippen LogP contribution in [0.4, 0.5) is 8.78 Å². The minimum absolute atomic E-state index is 0.207. The van der Waals surface area contributed by atoms with Crippen molar-refractivity contribution in [2.24, 2.45) is 0 Å². The van der Waals surface area contributed by atoms with E-state index in [1.165, 1.54) is 0 Å². The molecular formula is C15H17BrF2N2. The topological polar surface area (TPSA) is 16.1 Å². The maximum Gasteiger partial charge on any atom is 0.251 e. The van der Waals surface area contributed by atoms with Gasteiger partial charge in [0.25, 0.3) is 6.43 Å². The zero-order valence-corrected chi connectivity index (χ0v) is 12.9. The molecule has 1 aromatic heterocycles. The summed E-state index contributed by atoms with van der Waals surface area (Å²) in [5.41, 5.74) is 2.88. The van der Waals surface area contributed by atoms with Gasteiger partial charge in [0.05, 0.1) is 12.1 Å². The molecule has 5 heteroatoms. The summed E-state index contributed by atoms with van der Waals surface area (Å²) in [5.74, 6) is 0. The van der Waals surface area contributed by atoms with Gasteiger partial charge in [-0.25, -0.2) is 8.78 Å². The predicted octanol–water partition coefficient (Wildman–Crippen LogP) is 4.01. The number of alkyl halides is 3. The highest BCUT2D eigenvalue weighted by Gasteiger charge is 2.14. The number of aromatic nitrogens is 1. The molecule has 1 aromatic carbocycles. The van der Waals surface area contributed by atoms with Gasteiger partial charge in [-0.15, -0.1) is 0 Å². The van der Waals surface area contributed by atoms with Gasteiger partial charge in [0, 0.05) is 29.5 Å². The Morgan fingerprint density at radius 1 is 1.30 bits per heavy atom. The highest BCUT2D eigenvalue weighted by molar-refractivity contribution is 9.09. The molecule has 0 saturated carbocycles. The molecule has 0 amide bonds. The van der Waals surface area contributed by atoms with E-state index in [2.05, 4.69) is 20.9 Å². The standard InChI is InChI=1S/C15H17BrF2N2/c1-11-8-12(9-20(7-6-16)10-15(17)18)13-4-2-3-5-14(13)19-11/h2-5,8,15H,6-7,9-10H2,1H3. The first-order valence-corrected chi connectivity index (χ1v) is 7.64. The molecule has 2 nitrogen and oxygen atoms in total. The molecule has 0 atom stereocenters. The van der Waals surface area contributed by atoms with Gasteiger partial charge < -0.3 is 0 Å². The molecule has 0 saturated heterocycles. The second-order valence-electron chi connectivity index (χ2n) is 4.76. The first-order valence-electron chi connectivity index (χ1n) is 6.52. The second-order valence-corrected chi connectivity index (χ2v) is 5.55. The third-order valence-electron chi connectivity index (χ3n) is 3.12. The van der Waals surface area contributed by atoms with E-state index in [0.29, 0.717) is 18.4 Å². The molecule has 0 aliphatic heterocycles. The van der Waals surface area contributed by atoms with Crippen LogP contribution in [0.25, 0.3) is 10.9 Å². The lowest BCUT2D eigenvalue weighted by Gasteiger charge is -2.22. The van der Waals surface area contributed by atoms with Gasteiger partial charge in [-0.2, -0.15) is 0 Å². The molecular weight excluding hydrogens is 326 g/mol. The molecule has 0 aliphatic carbocycles. The Bertz CT molecular complexity index is 575. The van der Waals surface area contributed by atoms with Crippen molar-refractivity contribution in [2.75, 3.05) is 18.4 Å². The first kappa shape index (κ1) is 15.3. The van der Waals surface area contributed by atoms with Crippen LogP contribution >= 0.6 is 15.9 Å². The number of para-hydroxylation sites is 1. The highest BCUT2D eigenvalue weighted by atomic mass is 79.9. The van der Waals surface area contributed by atoms with E-state index < -0.39 is 6.43 Å². The second kappa shape index (κ2) is 7.09. The van der Waals surface area contributed by atoms with Gasteiger partial charge in [-0.1, -0.05) is 34.1 Å². The smallest absolute Gasteiger partial charge is 0.251 e. The van der Waals surface area contributed by atoms with Crippen LogP contribution in [-0.2, 0) is 6.54 Å². The number of fused-ring (bicyclic) bond motifs is 1. The number of hydrogen-bond donors (Lipinski definition) is 0. The third kappa shape index (κ3) is 3.96. The van der Waals surface area contributed by atoms with Crippen molar-refractivity contribution in [1.29, 1.82) is 0 Å². The quantitative estimate of drug-likeness (QED) is 0.737. The van der Waals surface area contributed by atoms with Crippen LogP contribution in [0.15, 0.2) is 30.3 Å². The molecule has 2 rings (SSSR count). The Morgan fingerprint density at radius 3 is 2.75 bits per heavy atom. The van der Waals surface area contributed by atoms with Gasteiger partial charge >= 0.3 is 0 Å². The van der Waals surface area contributed by atoms with E-state index in [-0.39, 0.29) is 6.54 Å². The lowest BCUT2D eigenvalue weighted by atomic mass is 10.1.